The second-order valence-electron chi connectivity index (χ2n) is 5.01. The SMILES string of the molecule is O=C1[CH+]C=Cc2cc3cc4cccc(=O)[c-]4cc3cc21. The molecule has 0 atom stereocenters. The number of ketones is 1. The Bertz CT molecular complexity index is 958. The highest BCUT2D eigenvalue weighted by molar-refractivity contribution is 6.12. The van der Waals surface area contributed by atoms with E-state index in [4.69, 9.17) is 0 Å². The summed E-state index contributed by atoms with van der Waals surface area (Å²) in [6, 6.07) is 13.0. The van der Waals surface area contributed by atoms with E-state index in [0.29, 0.717) is 10.9 Å². The van der Waals surface area contributed by atoms with Crippen molar-refractivity contribution in [2.24, 2.45) is 0 Å². The third-order valence-corrected chi connectivity index (χ3v) is 3.75. The molecular formula is C18H10O2. The van der Waals surface area contributed by atoms with E-state index in [1.807, 2.05) is 36.4 Å². The van der Waals surface area contributed by atoms with Crippen molar-refractivity contribution in [3.8, 4) is 0 Å². The molecule has 0 aliphatic heterocycles. The first-order chi connectivity index (χ1) is 9.72. The van der Waals surface area contributed by atoms with Crippen LogP contribution in [0.25, 0.3) is 27.6 Å². The molecule has 0 fully saturated rings. The average Bonchev–Trinajstić information content (AvgIpc) is 2.45. The lowest BCUT2D eigenvalue weighted by Gasteiger charge is -2.10. The topological polar surface area (TPSA) is 34.1 Å². The molecular weight excluding hydrogens is 248 g/mol. The molecule has 0 heterocycles. The normalized spacial score (nSPS) is 13.5. The molecule has 0 N–H and O–H groups in total. The van der Waals surface area contributed by atoms with Crippen LogP contribution in [0.15, 0.2) is 53.3 Å². The van der Waals surface area contributed by atoms with E-state index in [9.17, 15) is 9.59 Å². The standard InChI is InChI=1S/C18H10O2/c19-17-5-1-3-11-7-13-8-12-4-2-6-18(20)16(12)10-14(13)9-15(11)17/h1-10H. The quantitative estimate of drug-likeness (QED) is 0.457. The lowest BCUT2D eigenvalue weighted by Crippen LogP contribution is -2.05. The molecule has 4 rings (SSSR count). The zero-order chi connectivity index (χ0) is 13.7. The van der Waals surface area contributed by atoms with Crippen LogP contribution < -0.4 is 5.43 Å². The maximum absolute atomic E-state index is 11.9. The molecule has 0 unspecified atom stereocenters. The molecule has 1 aliphatic carbocycles. The summed E-state index contributed by atoms with van der Waals surface area (Å²) in [4.78, 5) is 23.8. The predicted molar refractivity (Wildman–Crippen MR) is 81.0 cm³/mol. The highest BCUT2D eigenvalue weighted by Gasteiger charge is 2.21. The summed E-state index contributed by atoms with van der Waals surface area (Å²) in [7, 11) is 0. The van der Waals surface area contributed by atoms with Crippen molar-refractivity contribution in [2.75, 3.05) is 0 Å². The first kappa shape index (κ1) is 11.1. The highest BCUT2D eigenvalue weighted by Crippen LogP contribution is 2.27. The summed E-state index contributed by atoms with van der Waals surface area (Å²) >= 11 is 0. The Labute approximate surface area is 115 Å². The molecule has 0 radical (unpaired) electrons. The van der Waals surface area contributed by atoms with Crippen molar-refractivity contribution < 1.29 is 4.79 Å². The molecule has 2 heteroatoms. The fourth-order valence-corrected chi connectivity index (χ4v) is 2.75. The van der Waals surface area contributed by atoms with Gasteiger partial charge in [0.05, 0.1) is 18.1 Å². The molecule has 0 spiro atoms. The Morgan fingerprint density at radius 1 is 1.00 bits per heavy atom. The molecule has 0 amide bonds. The number of benzene rings is 3. The fraction of sp³-hybridized carbons (Fsp3) is 0. The van der Waals surface area contributed by atoms with Crippen LogP contribution in [0, 0.1) is 6.42 Å². The van der Waals surface area contributed by atoms with Crippen LogP contribution in [-0.2, 0) is 0 Å². The van der Waals surface area contributed by atoms with E-state index >= 15 is 0 Å². The Hall–Kier alpha value is -2.74. The number of carbonyl (C=O) groups excluding carboxylic acids is 1. The average molecular weight is 258 g/mol. The van der Waals surface area contributed by atoms with Gasteiger partial charge in [0.15, 0.2) is 0 Å². The minimum Gasteiger partial charge on any atom is -0.307 e. The van der Waals surface area contributed by atoms with Gasteiger partial charge in [-0.1, -0.05) is 22.2 Å². The molecule has 0 saturated carbocycles. The van der Waals surface area contributed by atoms with Gasteiger partial charge in [0.25, 0.3) is 5.78 Å². The third-order valence-electron chi connectivity index (χ3n) is 3.75. The molecule has 0 bridgehead atoms. The second-order valence-corrected chi connectivity index (χ2v) is 5.01. The van der Waals surface area contributed by atoms with Gasteiger partial charge < -0.3 is 4.79 Å². The zero-order valence-corrected chi connectivity index (χ0v) is 10.6. The van der Waals surface area contributed by atoms with Crippen molar-refractivity contribution in [1.82, 2.24) is 0 Å². The molecule has 3 aromatic rings. The summed E-state index contributed by atoms with van der Waals surface area (Å²) in [5, 5.41) is 3.60. The Morgan fingerprint density at radius 3 is 2.80 bits per heavy atom. The molecule has 1 aliphatic rings. The van der Waals surface area contributed by atoms with Crippen molar-refractivity contribution in [1.29, 1.82) is 0 Å². The summed E-state index contributed by atoms with van der Waals surface area (Å²) < 4.78 is 0. The van der Waals surface area contributed by atoms with Gasteiger partial charge in [-0.15, -0.1) is 29.7 Å². The minimum absolute atomic E-state index is 0.0138. The smallest absolute Gasteiger partial charge is 0.292 e. The van der Waals surface area contributed by atoms with E-state index in [-0.39, 0.29) is 11.2 Å². The van der Waals surface area contributed by atoms with Crippen LogP contribution in [-0.4, -0.2) is 5.78 Å². The Balaban J connectivity index is 2.14. The van der Waals surface area contributed by atoms with E-state index < -0.39 is 0 Å². The molecule has 2 nitrogen and oxygen atoms in total. The van der Waals surface area contributed by atoms with Gasteiger partial charge in [0, 0.05) is 6.08 Å². The number of fused-ring (bicyclic) bond motifs is 3. The largest absolute Gasteiger partial charge is 0.307 e. The maximum Gasteiger partial charge on any atom is 0.292 e. The van der Waals surface area contributed by atoms with Gasteiger partial charge >= 0.3 is 0 Å². The number of hydrogen-bond acceptors (Lipinski definition) is 2. The summed E-state index contributed by atoms with van der Waals surface area (Å²) in [6.45, 7) is 0. The number of carbonyl (C=O) groups is 1. The van der Waals surface area contributed by atoms with Crippen LogP contribution >= 0.6 is 0 Å². The minimum atomic E-state index is 0.0138. The van der Waals surface area contributed by atoms with Gasteiger partial charge in [0.2, 0.25) is 0 Å². The molecule has 20 heavy (non-hydrogen) atoms. The van der Waals surface area contributed by atoms with Gasteiger partial charge in [-0.25, -0.2) is 0 Å². The summed E-state index contributed by atoms with van der Waals surface area (Å²) in [5.74, 6) is 0.0138. The fourth-order valence-electron chi connectivity index (χ4n) is 2.75. The third kappa shape index (κ3) is 1.51. The van der Waals surface area contributed by atoms with Gasteiger partial charge in [0.1, 0.15) is 11.0 Å². The lowest BCUT2D eigenvalue weighted by molar-refractivity contribution is 0.103. The van der Waals surface area contributed by atoms with E-state index in [2.05, 4.69) is 0 Å². The van der Waals surface area contributed by atoms with E-state index in [1.165, 1.54) is 0 Å². The van der Waals surface area contributed by atoms with Crippen molar-refractivity contribution in [2.45, 2.75) is 0 Å². The monoisotopic (exact) mass is 258 g/mol. The molecule has 3 aromatic carbocycles. The second kappa shape index (κ2) is 3.87. The van der Waals surface area contributed by atoms with Crippen LogP contribution in [0.2, 0.25) is 0 Å². The van der Waals surface area contributed by atoms with E-state index in [1.54, 1.807) is 24.6 Å². The van der Waals surface area contributed by atoms with Crippen LogP contribution in [0.4, 0.5) is 0 Å². The number of Topliss-reactive ketones (excluding diaryl/α,β-unsaturated/α-hetero) is 1. The van der Waals surface area contributed by atoms with E-state index in [0.717, 1.165) is 21.7 Å². The van der Waals surface area contributed by atoms with Crippen LogP contribution in [0.5, 0.6) is 0 Å². The first-order valence-electron chi connectivity index (χ1n) is 6.46. The molecule has 94 valence electrons. The van der Waals surface area contributed by atoms with Crippen LogP contribution in [0.1, 0.15) is 15.9 Å². The number of allylic oxidation sites excluding steroid dienone is 1. The molecule has 0 aromatic heterocycles. The van der Waals surface area contributed by atoms with Crippen LogP contribution in [0.3, 0.4) is 0 Å². The number of hydrogen-bond donors (Lipinski definition) is 0. The Kier molecular flexibility index (Phi) is 2.15. The van der Waals surface area contributed by atoms with Crippen molar-refractivity contribution in [3.05, 3.63) is 76.3 Å². The lowest BCUT2D eigenvalue weighted by atomic mass is 9.92. The maximum atomic E-state index is 11.9. The predicted octanol–water partition coefficient (Wildman–Crippen LogP) is 3.49. The van der Waals surface area contributed by atoms with Gasteiger partial charge in [-0.3, -0.25) is 4.79 Å². The zero-order valence-electron chi connectivity index (χ0n) is 10.6. The number of rotatable bonds is 0. The summed E-state index contributed by atoms with van der Waals surface area (Å²) in [6.07, 6.45) is 5.27. The van der Waals surface area contributed by atoms with Crippen molar-refractivity contribution >= 4 is 33.4 Å². The Morgan fingerprint density at radius 2 is 1.90 bits per heavy atom. The van der Waals surface area contributed by atoms with Gasteiger partial charge in [-0.05, 0) is 12.1 Å². The summed E-state index contributed by atoms with van der Waals surface area (Å²) in [5.41, 5.74) is 1.64. The first-order valence-corrected chi connectivity index (χ1v) is 6.46. The highest BCUT2D eigenvalue weighted by atomic mass is 16.1. The van der Waals surface area contributed by atoms with Crippen molar-refractivity contribution in [3.63, 3.8) is 0 Å². The molecule has 0 saturated heterocycles. The van der Waals surface area contributed by atoms with Gasteiger partial charge in [-0.2, -0.15) is 0 Å².